The lowest BCUT2D eigenvalue weighted by Crippen LogP contribution is -2.44. The van der Waals surface area contributed by atoms with E-state index in [0.29, 0.717) is 12.8 Å². The van der Waals surface area contributed by atoms with E-state index in [1.54, 1.807) is 0 Å². The molecule has 0 aromatic heterocycles. The molecule has 0 aromatic carbocycles. The summed E-state index contributed by atoms with van der Waals surface area (Å²) in [5.74, 6) is 0. The average molecular weight is 642 g/mol. The van der Waals surface area contributed by atoms with Crippen LogP contribution in [-0.2, 0) is 4.43 Å². The van der Waals surface area contributed by atoms with Gasteiger partial charge in [0, 0.05) is 0 Å². The van der Waals surface area contributed by atoms with E-state index in [1.807, 2.05) is 0 Å². The van der Waals surface area contributed by atoms with Crippen LogP contribution in [0.4, 0.5) is 0 Å². The number of aliphatic hydroxyl groups is 1. The van der Waals surface area contributed by atoms with Gasteiger partial charge in [-0.1, -0.05) is 89.4 Å². The van der Waals surface area contributed by atoms with Crippen LogP contribution in [-0.4, -0.2) is 57.4 Å². The van der Waals surface area contributed by atoms with Crippen LogP contribution in [0.1, 0.15) is 85.5 Å². The molecule has 0 aromatic rings. The van der Waals surface area contributed by atoms with Crippen molar-refractivity contribution >= 4 is 89.5 Å². The lowest BCUT2D eigenvalue weighted by atomic mass is 10.00. The van der Waals surface area contributed by atoms with Gasteiger partial charge in [0.1, 0.15) is 4.33 Å². The highest BCUT2D eigenvalue weighted by Gasteiger charge is 2.41. The molecule has 6 atom stereocenters. The van der Waals surface area contributed by atoms with Crippen LogP contribution in [0, 0.1) is 0 Å². The first kappa shape index (κ1) is 36.2. The summed E-state index contributed by atoms with van der Waals surface area (Å²) < 4.78 is 5.06. The zero-order chi connectivity index (χ0) is 26.7. The van der Waals surface area contributed by atoms with Crippen molar-refractivity contribution < 1.29 is 9.53 Å². The quantitative estimate of drug-likeness (QED) is 0.0917. The molecule has 0 bridgehead atoms. The molecule has 0 unspecified atom stereocenters. The maximum atomic E-state index is 10.7. The molecular formula is C24H45Cl7O2Si. The number of rotatable bonds is 18. The van der Waals surface area contributed by atoms with E-state index < -0.39 is 45.6 Å². The highest BCUT2D eigenvalue weighted by atomic mass is 35.5. The molecule has 0 saturated carbocycles. The van der Waals surface area contributed by atoms with E-state index >= 15 is 0 Å². The number of unbranched alkanes of at least 4 members (excludes halogenated alkanes) is 5. The van der Waals surface area contributed by atoms with Gasteiger partial charge >= 0.3 is 0 Å². The first-order valence-electron chi connectivity index (χ1n) is 12.4. The second kappa shape index (κ2) is 17.0. The summed E-state index contributed by atoms with van der Waals surface area (Å²) in [5.41, 5.74) is 0. The molecule has 0 heterocycles. The van der Waals surface area contributed by atoms with Crippen molar-refractivity contribution in [2.24, 2.45) is 0 Å². The van der Waals surface area contributed by atoms with Crippen LogP contribution in [0.5, 0.6) is 0 Å². The van der Waals surface area contributed by atoms with E-state index in [1.165, 1.54) is 25.7 Å². The predicted molar refractivity (Wildman–Crippen MR) is 159 cm³/mol. The summed E-state index contributed by atoms with van der Waals surface area (Å²) in [4.78, 5) is 0. The fourth-order valence-electron chi connectivity index (χ4n) is 3.14. The van der Waals surface area contributed by atoms with Crippen molar-refractivity contribution in [3.63, 3.8) is 0 Å². The summed E-state index contributed by atoms with van der Waals surface area (Å²) in [5, 5.41) is 7.46. The van der Waals surface area contributed by atoms with Crippen molar-refractivity contribution in [3.8, 4) is 0 Å². The zero-order valence-electron chi connectivity index (χ0n) is 21.5. The summed E-state index contributed by atoms with van der Waals surface area (Å²) in [6.45, 7) is 13.2. The third-order valence-electron chi connectivity index (χ3n) is 6.72. The van der Waals surface area contributed by atoms with Gasteiger partial charge in [-0.25, -0.2) is 0 Å². The monoisotopic (exact) mass is 638 g/mol. The van der Waals surface area contributed by atoms with E-state index in [2.05, 4.69) is 40.8 Å². The lowest BCUT2D eigenvalue weighted by Gasteiger charge is -2.38. The second-order valence-electron chi connectivity index (χ2n) is 10.9. The molecule has 0 rings (SSSR count). The zero-order valence-corrected chi connectivity index (χ0v) is 27.8. The summed E-state index contributed by atoms with van der Waals surface area (Å²) in [6.07, 6.45) is 7.38. The fourth-order valence-corrected chi connectivity index (χ4v) is 6.30. The fraction of sp³-hybridized carbons (Fsp3) is 1.00. The Balaban J connectivity index is 4.60. The molecule has 0 aliphatic carbocycles. The molecule has 10 heteroatoms. The molecule has 2 nitrogen and oxygen atoms in total. The topological polar surface area (TPSA) is 29.5 Å². The molecule has 0 aliphatic rings. The van der Waals surface area contributed by atoms with Gasteiger partial charge in [0.2, 0.25) is 0 Å². The second-order valence-corrected chi connectivity index (χ2v) is 19.9. The van der Waals surface area contributed by atoms with Crippen LogP contribution in [0.3, 0.4) is 0 Å². The molecule has 1 N–H and O–H groups in total. The summed E-state index contributed by atoms with van der Waals surface area (Å²) in [6, 6.07) is 0. The Morgan fingerprint density at radius 2 is 1.26 bits per heavy atom. The molecule has 0 amide bonds. The molecule has 34 heavy (non-hydrogen) atoms. The van der Waals surface area contributed by atoms with Crippen LogP contribution in [0.25, 0.3) is 0 Å². The molecule has 0 spiro atoms. The number of halogens is 7. The number of alkyl halides is 7. The van der Waals surface area contributed by atoms with Gasteiger partial charge in [-0.2, -0.15) is 0 Å². The van der Waals surface area contributed by atoms with Gasteiger partial charge < -0.3 is 9.53 Å². The first-order valence-corrected chi connectivity index (χ1v) is 18.2. The molecule has 0 saturated heterocycles. The van der Waals surface area contributed by atoms with Crippen molar-refractivity contribution in [2.75, 3.05) is 6.61 Å². The van der Waals surface area contributed by atoms with Gasteiger partial charge in [-0.3, -0.25) is 0 Å². The van der Waals surface area contributed by atoms with Gasteiger partial charge in [0.15, 0.2) is 8.32 Å². The van der Waals surface area contributed by atoms with Crippen molar-refractivity contribution in [3.05, 3.63) is 0 Å². The SMILES string of the molecule is CCCCCCCC[C@H](Cl)[C@@H](Cl)[C@@H](O)[C@H](Cl)[C@@H](Cl)[C@H](Cl)CCC(Cl)(Cl)CO[Si](C)(C)C(C)(C)C. The van der Waals surface area contributed by atoms with Crippen LogP contribution in [0.2, 0.25) is 18.1 Å². The van der Waals surface area contributed by atoms with E-state index in [-0.39, 0.29) is 11.6 Å². The molecular weight excluding hydrogens is 597 g/mol. The maximum Gasteiger partial charge on any atom is 0.192 e. The Bertz CT molecular complexity index is 546. The van der Waals surface area contributed by atoms with Crippen LogP contribution in [0.15, 0.2) is 0 Å². The highest BCUT2D eigenvalue weighted by molar-refractivity contribution is 6.74. The molecule has 0 fully saturated rings. The van der Waals surface area contributed by atoms with Crippen LogP contribution < -0.4 is 0 Å². The van der Waals surface area contributed by atoms with Crippen LogP contribution >= 0.6 is 81.2 Å². The minimum Gasteiger partial charge on any atom is -0.414 e. The Labute approximate surface area is 245 Å². The standard InChI is InChI=1S/C24H45Cl7O2Si/c1-7-8-9-10-11-12-13-17(25)20(28)22(32)21(29)19(27)18(26)14-15-24(30,31)16-33-34(5,6)23(2,3)4/h17-22,32H,7-16H2,1-6H3/t17-,18+,19-,20+,21+,22+/m0/s1. The number of hydrogen-bond donors (Lipinski definition) is 1. The molecule has 0 aliphatic heterocycles. The smallest absolute Gasteiger partial charge is 0.192 e. The van der Waals surface area contributed by atoms with Gasteiger partial charge in [0.05, 0.1) is 39.6 Å². The van der Waals surface area contributed by atoms with Gasteiger partial charge in [0.25, 0.3) is 0 Å². The van der Waals surface area contributed by atoms with E-state index in [9.17, 15) is 5.11 Å². The summed E-state index contributed by atoms with van der Waals surface area (Å²) >= 11 is 45.4. The first-order chi connectivity index (χ1) is 15.5. The normalized spacial score (nSPS) is 18.9. The van der Waals surface area contributed by atoms with E-state index in [4.69, 9.17) is 85.6 Å². The lowest BCUT2D eigenvalue weighted by molar-refractivity contribution is 0.157. The molecule has 206 valence electrons. The molecule has 0 radical (unpaired) electrons. The average Bonchev–Trinajstić information content (AvgIpc) is 2.75. The highest BCUT2D eigenvalue weighted by Crippen LogP contribution is 2.39. The Kier molecular flexibility index (Phi) is 18.1. The minimum atomic E-state index is -1.98. The van der Waals surface area contributed by atoms with Crippen molar-refractivity contribution in [1.82, 2.24) is 0 Å². The Morgan fingerprint density at radius 3 is 1.79 bits per heavy atom. The number of hydrogen-bond acceptors (Lipinski definition) is 2. The Hall–Kier alpha value is 2.17. The van der Waals surface area contributed by atoms with Gasteiger partial charge in [-0.15, -0.1) is 58.0 Å². The largest absolute Gasteiger partial charge is 0.414 e. The van der Waals surface area contributed by atoms with Crippen molar-refractivity contribution in [1.29, 1.82) is 0 Å². The van der Waals surface area contributed by atoms with Crippen molar-refractivity contribution in [2.45, 2.75) is 141 Å². The Morgan fingerprint density at radius 1 is 0.765 bits per heavy atom. The summed E-state index contributed by atoms with van der Waals surface area (Å²) in [7, 11) is -1.98. The van der Waals surface area contributed by atoms with Gasteiger partial charge in [-0.05, 0) is 37.4 Å². The third kappa shape index (κ3) is 13.8. The maximum absolute atomic E-state index is 10.7. The predicted octanol–water partition coefficient (Wildman–Crippen LogP) is 10.1. The minimum absolute atomic E-state index is 0.0581. The third-order valence-corrected chi connectivity index (χ3v) is 14.8. The van der Waals surface area contributed by atoms with E-state index in [0.717, 1.165) is 19.3 Å². The number of aliphatic hydroxyl groups excluding tert-OH is 1.